The van der Waals surface area contributed by atoms with Gasteiger partial charge < -0.3 is 57.7 Å². The zero-order valence-electron chi connectivity index (χ0n) is 52.7. The van der Waals surface area contributed by atoms with Gasteiger partial charge in [-0.2, -0.15) is 8.42 Å². The summed E-state index contributed by atoms with van der Waals surface area (Å²) in [6.45, 7) is 9.04. The van der Waals surface area contributed by atoms with Crippen LogP contribution in [0.3, 0.4) is 0 Å². The molecule has 0 aromatic heterocycles. The summed E-state index contributed by atoms with van der Waals surface area (Å²) < 4.78 is 35.5. The van der Waals surface area contributed by atoms with E-state index in [0.717, 1.165) is 45.6 Å². The van der Waals surface area contributed by atoms with Gasteiger partial charge in [-0.25, -0.2) is 0 Å². The van der Waals surface area contributed by atoms with E-state index >= 15 is 0 Å². The number of hydrogen-bond acceptors (Lipinski definition) is 13. The molecule has 3 heterocycles. The van der Waals surface area contributed by atoms with Crippen LogP contribution in [0.4, 0.5) is 0 Å². The van der Waals surface area contributed by atoms with Crippen LogP contribution in [0.2, 0.25) is 0 Å². The van der Waals surface area contributed by atoms with Gasteiger partial charge in [0.2, 0.25) is 35.4 Å². The molecule has 5 aromatic rings. The van der Waals surface area contributed by atoms with E-state index in [2.05, 4.69) is 57.8 Å². The monoisotopic (exact) mass is 1270 g/mol. The number of fused-ring (bicyclic) bond motifs is 2. The van der Waals surface area contributed by atoms with Crippen molar-refractivity contribution in [2.75, 3.05) is 32.8 Å². The molecule has 3 fully saturated rings. The Hall–Kier alpha value is -8.18. The second-order valence-electron chi connectivity index (χ2n) is 24.2. The molecule has 11 N–H and O–H groups in total. The maximum atomic E-state index is 14.6. The van der Waals surface area contributed by atoms with Crippen molar-refractivity contribution in [3.63, 3.8) is 0 Å². The third kappa shape index (κ3) is 20.7. The number of nitrogens with zero attached hydrogens (tertiary/aromatic N) is 2. The summed E-state index contributed by atoms with van der Waals surface area (Å²) in [4.78, 5) is 103. The van der Waals surface area contributed by atoms with Crippen molar-refractivity contribution in [2.45, 2.75) is 171 Å². The molecule has 0 radical (unpaired) electrons. The number of rotatable bonds is 20. The number of ether oxygens (including phenoxy) is 1. The van der Waals surface area contributed by atoms with E-state index in [1.165, 1.54) is 59.7 Å². The van der Waals surface area contributed by atoms with Crippen molar-refractivity contribution in [1.82, 2.24) is 36.4 Å². The molecular weight excluding hydrogens is 1180 g/mol. The Bertz CT molecular complexity index is 3330. The average molecular weight is 1270 g/mol. The lowest BCUT2D eigenvalue weighted by atomic mass is 9.99. The summed E-state index contributed by atoms with van der Waals surface area (Å²) in [5.41, 5.74) is 18.2. The van der Waals surface area contributed by atoms with Crippen LogP contribution in [-0.2, 0) is 45.3 Å². The van der Waals surface area contributed by atoms with Crippen LogP contribution in [0.1, 0.15) is 132 Å². The smallest absolute Gasteiger partial charge is 0.294 e. The maximum absolute atomic E-state index is 14.6. The van der Waals surface area contributed by atoms with Crippen molar-refractivity contribution < 1.29 is 56.4 Å². The first-order valence-electron chi connectivity index (χ1n) is 32.0. The van der Waals surface area contributed by atoms with Gasteiger partial charge in [-0.15, -0.1) is 0 Å². The van der Waals surface area contributed by atoms with E-state index in [-0.39, 0.29) is 62.4 Å². The maximum Gasteiger partial charge on any atom is 0.294 e. The molecule has 91 heavy (non-hydrogen) atoms. The van der Waals surface area contributed by atoms with E-state index < -0.39 is 99.7 Å². The zero-order chi connectivity index (χ0) is 65.6. The van der Waals surface area contributed by atoms with Crippen molar-refractivity contribution >= 4 is 51.5 Å². The number of phenolic OH excluding ortho intramolecular Hbond substituents is 1. The lowest BCUT2D eigenvalue weighted by molar-refractivity contribution is -0.143. The fourth-order valence-electron chi connectivity index (χ4n) is 11.5. The highest BCUT2D eigenvalue weighted by Gasteiger charge is 2.43. The Morgan fingerprint density at radius 1 is 0.670 bits per heavy atom. The number of amides is 7. The molecule has 3 saturated heterocycles. The van der Waals surface area contributed by atoms with E-state index in [4.69, 9.17) is 20.8 Å². The Balaban J connectivity index is 0.000000965. The number of hydrogen-bond donors (Lipinski definition) is 9. The molecule has 3 aliphatic rings. The highest BCUT2D eigenvalue weighted by Crippen LogP contribution is 2.28. The highest BCUT2D eigenvalue weighted by atomic mass is 32.2. The first kappa shape index (κ1) is 70.3. The van der Waals surface area contributed by atoms with Gasteiger partial charge in [0, 0.05) is 31.2 Å². The molecular formula is C69H91N9O12S. The summed E-state index contributed by atoms with van der Waals surface area (Å²) in [5.74, 6) is -3.30. The summed E-state index contributed by atoms with van der Waals surface area (Å²) in [5, 5.41) is 24.4. The molecule has 21 nitrogen and oxygen atoms in total. The Labute approximate surface area is 534 Å². The van der Waals surface area contributed by atoms with Gasteiger partial charge >= 0.3 is 0 Å². The fraction of sp³-hybridized carbons (Fsp3) is 0.464. The minimum atomic E-state index is -4.02. The van der Waals surface area contributed by atoms with Gasteiger partial charge in [-0.05, 0) is 166 Å². The molecule has 0 aliphatic carbocycles. The predicted molar refractivity (Wildman–Crippen MR) is 349 cm³/mol. The summed E-state index contributed by atoms with van der Waals surface area (Å²) in [6.07, 6.45) is 8.85. The number of aromatic hydroxyl groups is 1. The molecule has 0 spiro atoms. The quantitative estimate of drug-likeness (QED) is 0.0277. The van der Waals surface area contributed by atoms with Crippen LogP contribution >= 0.6 is 0 Å². The van der Waals surface area contributed by atoms with Crippen LogP contribution in [-0.4, -0.2) is 144 Å². The summed E-state index contributed by atoms with van der Waals surface area (Å²) in [7, 11) is -4.02. The topological polar surface area (TPSA) is 322 Å². The largest absolute Gasteiger partial charge is 0.508 e. The van der Waals surface area contributed by atoms with Crippen LogP contribution in [0.15, 0.2) is 126 Å². The van der Waals surface area contributed by atoms with Gasteiger partial charge in [0.15, 0.2) is 0 Å². The third-order valence-corrected chi connectivity index (χ3v) is 17.7. The normalized spacial score (nSPS) is 21.3. The molecule has 7 atom stereocenters. The number of carbonyl (C=O) groups is 7. The second kappa shape index (κ2) is 34.3. The van der Waals surface area contributed by atoms with Gasteiger partial charge in [0.25, 0.3) is 16.0 Å². The van der Waals surface area contributed by atoms with Crippen molar-refractivity contribution in [3.8, 4) is 33.8 Å². The Morgan fingerprint density at radius 3 is 1.90 bits per heavy atom. The first-order valence-corrected chi connectivity index (χ1v) is 33.4. The lowest BCUT2D eigenvalue weighted by Gasteiger charge is -2.32. The Morgan fingerprint density at radius 2 is 1.29 bits per heavy atom. The number of unbranched alkanes of at least 4 members (excludes halogenated alkanes) is 5. The number of carbonyl (C=O) groups excluding carboxylic acids is 7. The summed E-state index contributed by atoms with van der Waals surface area (Å²) in [6, 6.07) is 28.8. The van der Waals surface area contributed by atoms with Crippen LogP contribution in [0, 0.1) is 12.8 Å². The third-order valence-electron chi connectivity index (χ3n) is 16.8. The molecule has 8 rings (SSSR count). The molecule has 22 heteroatoms. The molecule has 0 bridgehead atoms. The number of benzene rings is 5. The number of nitrogens with two attached hydrogens (primary N) is 2. The molecule has 0 unspecified atom stereocenters. The molecule has 490 valence electrons. The molecule has 5 aromatic carbocycles. The standard InChI is InChI=1S/C62H83N9O9.C7H8O3S/c1-4-5-6-7-10-37-80-49-31-27-45(28-32-49)43-21-19-42(20-22-43)44-23-25-46(26-24-44)56(73)66-50-14-11-35-65-59(76)54-38-47(64)39-71(54)61(78)52(13-8-9-34-63)68-57(74)51(33-18-41-16-29-48(72)30-17-41)67-60(77)53-15-12-36-70(53)62(79)55(40(2)3)69-58(50)75;1-6-2-4-7(5-3-6)11(8,9)10/h16-17,19-32,40,47,50-55,72H,4-15,18,33-39,63-64H2,1-3H3,(H,65,76)(H,66,73)(H,67,77)(H,68,74)(H,69,75);2-5H,1H3,(H,8,9,10)/t47-,50-,51-,52-,53-,54-,55-;/m0./s1. The summed E-state index contributed by atoms with van der Waals surface area (Å²) >= 11 is 0. The van der Waals surface area contributed by atoms with E-state index in [0.29, 0.717) is 50.8 Å². The SMILES string of the molecule is CCCCCCCOc1ccc(-c2ccc(-c3ccc(C(=O)N[C@H]4CCCNC(=O)[C@@H]5C[C@H](N)CN5C(=O)[C@H](CCCCN)NC(=O)[C@H](CCc5ccc(O)cc5)NC(=O)[C@@H]5CCCN5C(=O)[C@H](C(C)C)NC4=O)cc3)cc2)cc1.Cc1ccc(S(=O)(=O)O)cc1. The van der Waals surface area contributed by atoms with Gasteiger partial charge in [-0.1, -0.05) is 125 Å². The Kier molecular flexibility index (Phi) is 26.5. The number of phenols is 1. The van der Waals surface area contributed by atoms with Gasteiger partial charge in [0.05, 0.1) is 11.5 Å². The van der Waals surface area contributed by atoms with Gasteiger partial charge in [-0.3, -0.25) is 38.1 Å². The highest BCUT2D eigenvalue weighted by molar-refractivity contribution is 7.85. The lowest BCUT2D eigenvalue weighted by Crippen LogP contribution is -2.60. The van der Waals surface area contributed by atoms with Crippen molar-refractivity contribution in [3.05, 3.63) is 138 Å². The van der Waals surface area contributed by atoms with Gasteiger partial charge in [0.1, 0.15) is 47.8 Å². The van der Waals surface area contributed by atoms with E-state index in [9.17, 15) is 47.1 Å². The zero-order valence-corrected chi connectivity index (χ0v) is 53.6. The second-order valence-corrected chi connectivity index (χ2v) is 25.6. The van der Waals surface area contributed by atoms with E-state index in [1.807, 2.05) is 43.3 Å². The molecule has 3 aliphatic heterocycles. The number of aryl methyl sites for hydroxylation is 2. The van der Waals surface area contributed by atoms with E-state index in [1.54, 1.807) is 50.2 Å². The minimum absolute atomic E-state index is 0.0656. The van der Waals surface area contributed by atoms with Crippen molar-refractivity contribution in [1.29, 1.82) is 0 Å². The van der Waals surface area contributed by atoms with Crippen molar-refractivity contribution in [2.24, 2.45) is 17.4 Å². The first-order chi connectivity index (χ1) is 43.6. The molecule has 7 amide bonds. The molecule has 0 saturated carbocycles. The minimum Gasteiger partial charge on any atom is -0.508 e. The van der Waals surface area contributed by atoms with Crippen LogP contribution in [0.25, 0.3) is 22.3 Å². The van der Waals surface area contributed by atoms with Crippen LogP contribution < -0.4 is 42.8 Å². The average Bonchev–Trinajstić information content (AvgIpc) is 2.12. The predicted octanol–water partition coefficient (Wildman–Crippen LogP) is 7.12. The number of nitrogens with one attached hydrogen (secondary N) is 5. The fourth-order valence-corrected chi connectivity index (χ4v) is 12.0. The van der Waals surface area contributed by atoms with Crippen LogP contribution in [0.5, 0.6) is 11.5 Å².